The number of esters is 1. The summed E-state index contributed by atoms with van der Waals surface area (Å²) in [4.78, 5) is 27.8. The van der Waals surface area contributed by atoms with Crippen molar-refractivity contribution in [3.63, 3.8) is 0 Å². The Bertz CT molecular complexity index is 711. The molecule has 0 aromatic carbocycles. The van der Waals surface area contributed by atoms with Crippen LogP contribution in [0.25, 0.3) is 0 Å². The number of nitrogens with one attached hydrogen (secondary N) is 1. The smallest absolute Gasteiger partial charge is 0.379 e. The summed E-state index contributed by atoms with van der Waals surface area (Å²) in [7, 11) is 0. The van der Waals surface area contributed by atoms with Crippen LogP contribution in [-0.4, -0.2) is 16.9 Å². The van der Waals surface area contributed by atoms with Crippen LogP contribution in [0.2, 0.25) is 0 Å². The Hall–Kier alpha value is -3.35. The summed E-state index contributed by atoms with van der Waals surface area (Å²) >= 11 is 0. The van der Waals surface area contributed by atoms with Gasteiger partial charge in [-0.3, -0.25) is 4.79 Å². The van der Waals surface area contributed by atoms with Gasteiger partial charge in [-0.2, -0.15) is 0 Å². The first-order valence-electron chi connectivity index (χ1n) is 6.29. The van der Waals surface area contributed by atoms with Crippen LogP contribution < -0.4 is 10.1 Å². The first kappa shape index (κ1) is 13.6. The molecule has 0 spiro atoms. The summed E-state index contributed by atoms with van der Waals surface area (Å²) < 4.78 is 15.1. The van der Waals surface area contributed by atoms with Crippen LogP contribution in [-0.2, 0) is 0 Å². The van der Waals surface area contributed by atoms with Gasteiger partial charge < -0.3 is 18.9 Å². The zero-order chi connectivity index (χ0) is 15.4. The van der Waals surface area contributed by atoms with Crippen LogP contribution in [0.4, 0.5) is 5.82 Å². The second-order valence-electron chi connectivity index (χ2n) is 4.15. The number of pyridine rings is 1. The molecule has 7 nitrogen and oxygen atoms in total. The van der Waals surface area contributed by atoms with Gasteiger partial charge >= 0.3 is 5.97 Å². The lowest BCUT2D eigenvalue weighted by atomic mass is 10.3. The number of rotatable bonds is 4. The van der Waals surface area contributed by atoms with Gasteiger partial charge in [0.1, 0.15) is 0 Å². The largest absolute Gasteiger partial charge is 0.459 e. The Balaban J connectivity index is 1.78. The number of carbonyl (C=O) groups is 2. The fraction of sp³-hybridized carbons (Fsp3) is 0. The summed E-state index contributed by atoms with van der Waals surface area (Å²) in [5.74, 6) is -0.820. The molecule has 0 unspecified atom stereocenters. The monoisotopic (exact) mass is 298 g/mol. The highest BCUT2D eigenvalue weighted by Gasteiger charge is 2.17. The number of hydrogen-bond donors (Lipinski definition) is 1. The fourth-order valence-corrected chi connectivity index (χ4v) is 1.69. The third kappa shape index (κ3) is 2.88. The van der Waals surface area contributed by atoms with E-state index in [-0.39, 0.29) is 23.1 Å². The lowest BCUT2D eigenvalue weighted by molar-refractivity contribution is 0.0701. The van der Waals surface area contributed by atoms with E-state index in [1.54, 1.807) is 18.2 Å². The summed E-state index contributed by atoms with van der Waals surface area (Å²) in [5, 5.41) is 2.51. The Morgan fingerprint density at radius 1 is 1.00 bits per heavy atom. The van der Waals surface area contributed by atoms with E-state index in [2.05, 4.69) is 10.3 Å². The van der Waals surface area contributed by atoms with Gasteiger partial charge in [-0.15, -0.1) is 0 Å². The van der Waals surface area contributed by atoms with Gasteiger partial charge in [0.25, 0.3) is 5.91 Å². The first-order valence-corrected chi connectivity index (χ1v) is 6.29. The summed E-state index contributed by atoms with van der Waals surface area (Å²) in [5.41, 5.74) is 0. The van der Waals surface area contributed by atoms with E-state index in [1.807, 2.05) is 0 Å². The van der Waals surface area contributed by atoms with E-state index in [0.717, 1.165) is 0 Å². The molecule has 0 bridgehead atoms. The fourth-order valence-electron chi connectivity index (χ4n) is 1.69. The lowest BCUT2D eigenvalue weighted by Gasteiger charge is -2.08. The van der Waals surface area contributed by atoms with Crippen molar-refractivity contribution in [1.29, 1.82) is 0 Å². The van der Waals surface area contributed by atoms with E-state index in [9.17, 15) is 9.59 Å². The topological polar surface area (TPSA) is 94.6 Å². The number of aromatic nitrogens is 1. The average molecular weight is 298 g/mol. The van der Waals surface area contributed by atoms with E-state index < -0.39 is 11.9 Å². The van der Waals surface area contributed by atoms with Crippen LogP contribution in [0.15, 0.2) is 64.0 Å². The molecule has 0 aliphatic rings. The van der Waals surface area contributed by atoms with E-state index >= 15 is 0 Å². The van der Waals surface area contributed by atoms with Gasteiger partial charge in [0.05, 0.1) is 12.5 Å². The van der Waals surface area contributed by atoms with E-state index in [1.165, 1.54) is 36.9 Å². The second kappa shape index (κ2) is 5.96. The van der Waals surface area contributed by atoms with Crippen molar-refractivity contribution in [2.75, 3.05) is 5.32 Å². The predicted molar refractivity (Wildman–Crippen MR) is 74.6 cm³/mol. The summed E-state index contributed by atoms with van der Waals surface area (Å²) in [6.45, 7) is 0. The van der Waals surface area contributed by atoms with Gasteiger partial charge in [0.15, 0.2) is 17.3 Å². The third-order valence-corrected chi connectivity index (χ3v) is 2.67. The Morgan fingerprint density at radius 3 is 2.41 bits per heavy atom. The van der Waals surface area contributed by atoms with Crippen LogP contribution in [0.1, 0.15) is 21.1 Å². The quantitative estimate of drug-likeness (QED) is 0.744. The molecule has 0 fully saturated rings. The van der Waals surface area contributed by atoms with Crippen molar-refractivity contribution in [2.45, 2.75) is 0 Å². The summed E-state index contributed by atoms with van der Waals surface area (Å²) in [6.07, 6.45) is 4.20. The van der Waals surface area contributed by atoms with E-state index in [0.29, 0.717) is 0 Å². The number of amides is 1. The molecular weight excluding hydrogens is 288 g/mol. The molecule has 3 aromatic heterocycles. The highest BCUT2D eigenvalue weighted by Crippen LogP contribution is 2.23. The predicted octanol–water partition coefficient (Wildman–Crippen LogP) is 2.74. The highest BCUT2D eigenvalue weighted by molar-refractivity contribution is 6.02. The molecule has 1 amide bonds. The van der Waals surface area contributed by atoms with Gasteiger partial charge in [0.2, 0.25) is 5.76 Å². The maximum Gasteiger partial charge on any atom is 0.379 e. The molecule has 0 saturated carbocycles. The number of furan rings is 2. The molecule has 0 saturated heterocycles. The number of hydrogen-bond acceptors (Lipinski definition) is 6. The molecule has 110 valence electrons. The Labute approximate surface area is 124 Å². The Morgan fingerprint density at radius 2 is 1.73 bits per heavy atom. The minimum atomic E-state index is -0.688. The highest BCUT2D eigenvalue weighted by atomic mass is 16.5. The first-order chi connectivity index (χ1) is 10.7. The van der Waals surface area contributed by atoms with Crippen molar-refractivity contribution in [2.24, 2.45) is 0 Å². The second-order valence-corrected chi connectivity index (χ2v) is 4.15. The van der Waals surface area contributed by atoms with Gasteiger partial charge in [-0.1, -0.05) is 0 Å². The molecule has 3 aromatic rings. The van der Waals surface area contributed by atoms with Crippen LogP contribution in [0.3, 0.4) is 0 Å². The van der Waals surface area contributed by atoms with Crippen molar-refractivity contribution in [1.82, 2.24) is 4.98 Å². The molecular formula is C15H10N2O5. The number of ether oxygens (including phenoxy) is 1. The van der Waals surface area contributed by atoms with Crippen LogP contribution in [0.5, 0.6) is 5.75 Å². The van der Waals surface area contributed by atoms with E-state index in [4.69, 9.17) is 13.6 Å². The van der Waals surface area contributed by atoms with Crippen LogP contribution in [0, 0.1) is 0 Å². The van der Waals surface area contributed by atoms with Gasteiger partial charge in [-0.25, -0.2) is 9.78 Å². The number of carbonyl (C=O) groups excluding carboxylic acids is 2. The normalized spacial score (nSPS) is 10.2. The van der Waals surface area contributed by atoms with Crippen molar-refractivity contribution < 1.29 is 23.2 Å². The van der Waals surface area contributed by atoms with Crippen molar-refractivity contribution in [3.8, 4) is 5.75 Å². The third-order valence-electron chi connectivity index (χ3n) is 2.67. The average Bonchev–Trinajstić information content (AvgIpc) is 3.23. The molecule has 3 rings (SSSR count). The van der Waals surface area contributed by atoms with Gasteiger partial charge in [0, 0.05) is 6.20 Å². The van der Waals surface area contributed by atoms with Crippen molar-refractivity contribution >= 4 is 17.7 Å². The zero-order valence-electron chi connectivity index (χ0n) is 11.2. The van der Waals surface area contributed by atoms with Crippen molar-refractivity contribution in [3.05, 3.63) is 66.6 Å². The zero-order valence-corrected chi connectivity index (χ0v) is 11.2. The molecule has 1 N–H and O–H groups in total. The molecule has 0 radical (unpaired) electrons. The maximum absolute atomic E-state index is 11.9. The minimum Gasteiger partial charge on any atom is -0.459 e. The SMILES string of the molecule is O=C(Nc1ncccc1OC(=O)c1ccco1)c1ccco1. The molecule has 0 atom stereocenters. The van der Waals surface area contributed by atoms with Crippen LogP contribution >= 0.6 is 0 Å². The maximum atomic E-state index is 11.9. The lowest BCUT2D eigenvalue weighted by Crippen LogP contribution is -2.15. The molecule has 7 heteroatoms. The van der Waals surface area contributed by atoms with Gasteiger partial charge in [-0.05, 0) is 36.4 Å². The Kier molecular flexibility index (Phi) is 3.69. The standard InChI is InChI=1S/C15H10N2O5/c18-14(11-5-2-8-20-11)17-13-10(4-1-7-16-13)22-15(19)12-6-3-9-21-12/h1-9H,(H,16,17,18). The molecule has 0 aliphatic carbocycles. The number of anilines is 1. The summed E-state index contributed by atoms with van der Waals surface area (Å²) in [6, 6.07) is 9.22. The molecule has 0 aliphatic heterocycles. The minimum absolute atomic E-state index is 0.0483. The number of nitrogens with zero attached hydrogens (tertiary/aromatic N) is 1. The molecule has 3 heterocycles. The molecule has 22 heavy (non-hydrogen) atoms.